The molecule has 23 heavy (non-hydrogen) atoms. The molecule has 1 aliphatic rings. The van der Waals surface area contributed by atoms with Crippen LogP contribution in [0.5, 0.6) is 0 Å². The molecule has 1 aromatic heterocycles. The molecule has 2 heterocycles. The highest BCUT2D eigenvalue weighted by atomic mass is 16.5. The SMILES string of the molecule is CN(C)C(=O)[C@]1(C)CN(Cc2nc3ccccc3n2C)CCO1. The Morgan fingerprint density at radius 1 is 1.39 bits per heavy atom. The molecule has 0 saturated carbocycles. The van der Waals surface area contributed by atoms with Crippen molar-refractivity contribution in [1.29, 1.82) is 0 Å². The Kier molecular flexibility index (Phi) is 4.12. The maximum Gasteiger partial charge on any atom is 0.255 e. The van der Waals surface area contributed by atoms with E-state index in [0.717, 1.165) is 23.4 Å². The minimum absolute atomic E-state index is 0.00667. The fourth-order valence-electron chi connectivity index (χ4n) is 3.23. The maximum atomic E-state index is 12.4. The third kappa shape index (κ3) is 2.96. The van der Waals surface area contributed by atoms with Crippen LogP contribution in [0.4, 0.5) is 0 Å². The van der Waals surface area contributed by atoms with E-state index in [-0.39, 0.29) is 5.91 Å². The first-order chi connectivity index (χ1) is 10.9. The lowest BCUT2D eigenvalue weighted by atomic mass is 10.0. The molecule has 1 saturated heterocycles. The minimum atomic E-state index is -0.785. The number of benzene rings is 1. The molecular weight excluding hydrogens is 292 g/mol. The third-order valence-corrected chi connectivity index (χ3v) is 4.46. The quantitative estimate of drug-likeness (QED) is 0.855. The van der Waals surface area contributed by atoms with Gasteiger partial charge in [0.05, 0.1) is 24.2 Å². The van der Waals surface area contributed by atoms with E-state index in [1.807, 2.05) is 32.2 Å². The number of amides is 1. The van der Waals surface area contributed by atoms with E-state index in [0.29, 0.717) is 19.7 Å². The van der Waals surface area contributed by atoms with Gasteiger partial charge in [-0.2, -0.15) is 0 Å². The predicted octanol–water partition coefficient (Wildman–Crippen LogP) is 1.25. The molecule has 6 nitrogen and oxygen atoms in total. The number of nitrogens with zero attached hydrogens (tertiary/aromatic N) is 4. The third-order valence-electron chi connectivity index (χ3n) is 4.46. The summed E-state index contributed by atoms with van der Waals surface area (Å²) >= 11 is 0. The second kappa shape index (κ2) is 5.94. The molecular formula is C17H24N4O2. The van der Waals surface area contributed by atoms with E-state index in [4.69, 9.17) is 9.72 Å². The molecule has 1 fully saturated rings. The van der Waals surface area contributed by atoms with Gasteiger partial charge in [0.2, 0.25) is 0 Å². The highest BCUT2D eigenvalue weighted by Crippen LogP contribution is 2.22. The number of aryl methyl sites for hydroxylation is 1. The largest absolute Gasteiger partial charge is 0.363 e. The van der Waals surface area contributed by atoms with Crippen molar-refractivity contribution in [3.8, 4) is 0 Å². The molecule has 0 spiro atoms. The van der Waals surface area contributed by atoms with E-state index < -0.39 is 5.60 Å². The summed E-state index contributed by atoms with van der Waals surface area (Å²) in [6.45, 7) is 4.52. The molecule has 0 N–H and O–H groups in total. The number of para-hydroxylation sites is 2. The van der Waals surface area contributed by atoms with E-state index in [1.54, 1.807) is 19.0 Å². The number of carbonyl (C=O) groups excluding carboxylic acids is 1. The molecule has 0 bridgehead atoms. The van der Waals surface area contributed by atoms with Crippen molar-refractivity contribution in [3.05, 3.63) is 30.1 Å². The van der Waals surface area contributed by atoms with Crippen LogP contribution in [0, 0.1) is 0 Å². The number of hydrogen-bond donors (Lipinski definition) is 0. The fraction of sp³-hybridized carbons (Fsp3) is 0.529. The Morgan fingerprint density at radius 2 is 2.13 bits per heavy atom. The zero-order valence-corrected chi connectivity index (χ0v) is 14.2. The zero-order chi connectivity index (χ0) is 16.6. The Labute approximate surface area is 136 Å². The molecule has 1 amide bonds. The molecule has 124 valence electrons. The molecule has 0 unspecified atom stereocenters. The number of aromatic nitrogens is 2. The number of fused-ring (bicyclic) bond motifs is 1. The Bertz CT molecular complexity index is 724. The van der Waals surface area contributed by atoms with Crippen molar-refractivity contribution in [3.63, 3.8) is 0 Å². The van der Waals surface area contributed by atoms with E-state index in [1.165, 1.54) is 0 Å². The number of hydrogen-bond acceptors (Lipinski definition) is 4. The van der Waals surface area contributed by atoms with Gasteiger partial charge in [0.15, 0.2) is 5.60 Å². The number of imidazole rings is 1. The monoisotopic (exact) mass is 316 g/mol. The summed E-state index contributed by atoms with van der Waals surface area (Å²) in [4.78, 5) is 20.9. The topological polar surface area (TPSA) is 50.6 Å². The van der Waals surface area contributed by atoms with Gasteiger partial charge >= 0.3 is 0 Å². The minimum Gasteiger partial charge on any atom is -0.363 e. The lowest BCUT2D eigenvalue weighted by molar-refractivity contribution is -0.165. The van der Waals surface area contributed by atoms with E-state index >= 15 is 0 Å². The lowest BCUT2D eigenvalue weighted by Gasteiger charge is -2.40. The fourth-order valence-corrected chi connectivity index (χ4v) is 3.23. The second-order valence-corrected chi connectivity index (χ2v) is 6.57. The highest BCUT2D eigenvalue weighted by Gasteiger charge is 2.40. The Morgan fingerprint density at radius 3 is 2.83 bits per heavy atom. The molecule has 6 heteroatoms. The first-order valence-electron chi connectivity index (χ1n) is 7.89. The molecule has 3 rings (SSSR count). The van der Waals surface area contributed by atoms with Gasteiger partial charge in [-0.05, 0) is 19.1 Å². The van der Waals surface area contributed by atoms with Crippen LogP contribution in [-0.4, -0.2) is 64.7 Å². The van der Waals surface area contributed by atoms with Crippen molar-refractivity contribution in [2.45, 2.75) is 19.1 Å². The summed E-state index contributed by atoms with van der Waals surface area (Å²) in [6, 6.07) is 8.12. The van der Waals surface area contributed by atoms with Gasteiger partial charge in [0.1, 0.15) is 5.82 Å². The van der Waals surface area contributed by atoms with Gasteiger partial charge in [-0.15, -0.1) is 0 Å². The summed E-state index contributed by atoms with van der Waals surface area (Å²) in [5, 5.41) is 0. The second-order valence-electron chi connectivity index (χ2n) is 6.57. The van der Waals surface area contributed by atoms with Crippen LogP contribution >= 0.6 is 0 Å². The van der Waals surface area contributed by atoms with Crippen molar-refractivity contribution in [2.24, 2.45) is 7.05 Å². The van der Waals surface area contributed by atoms with Crippen molar-refractivity contribution in [1.82, 2.24) is 19.4 Å². The van der Waals surface area contributed by atoms with Gasteiger partial charge in [-0.25, -0.2) is 4.98 Å². The number of morpholine rings is 1. The Hall–Kier alpha value is -1.92. The molecule has 0 aliphatic carbocycles. The Balaban J connectivity index is 1.79. The van der Waals surface area contributed by atoms with E-state index in [2.05, 4.69) is 15.5 Å². The zero-order valence-electron chi connectivity index (χ0n) is 14.2. The van der Waals surface area contributed by atoms with Crippen LogP contribution in [0.2, 0.25) is 0 Å². The average molecular weight is 316 g/mol. The maximum absolute atomic E-state index is 12.4. The van der Waals surface area contributed by atoms with Crippen LogP contribution in [-0.2, 0) is 23.1 Å². The van der Waals surface area contributed by atoms with Crippen molar-refractivity contribution >= 4 is 16.9 Å². The lowest BCUT2D eigenvalue weighted by Crippen LogP contribution is -2.57. The van der Waals surface area contributed by atoms with Gasteiger partial charge in [0, 0.05) is 34.2 Å². The van der Waals surface area contributed by atoms with E-state index in [9.17, 15) is 4.79 Å². The van der Waals surface area contributed by atoms with Crippen LogP contribution in [0.25, 0.3) is 11.0 Å². The molecule has 1 atom stereocenters. The van der Waals surface area contributed by atoms with Crippen LogP contribution in [0.15, 0.2) is 24.3 Å². The standard InChI is InChI=1S/C17H24N4O2/c1-17(16(22)19(2)3)12-21(9-10-23-17)11-15-18-13-7-5-6-8-14(13)20(15)4/h5-8H,9-12H2,1-4H3/t17-/m0/s1. The normalized spacial score (nSPS) is 22.4. The predicted molar refractivity (Wildman–Crippen MR) is 89.0 cm³/mol. The van der Waals surface area contributed by atoms with Crippen LogP contribution < -0.4 is 0 Å². The summed E-state index contributed by atoms with van der Waals surface area (Å²) in [6.07, 6.45) is 0. The molecule has 1 aromatic carbocycles. The van der Waals surface area contributed by atoms with Crippen LogP contribution in [0.1, 0.15) is 12.7 Å². The van der Waals surface area contributed by atoms with Crippen LogP contribution in [0.3, 0.4) is 0 Å². The van der Waals surface area contributed by atoms with Gasteiger partial charge in [0.25, 0.3) is 5.91 Å². The smallest absolute Gasteiger partial charge is 0.255 e. The van der Waals surface area contributed by atoms with Gasteiger partial charge in [-0.1, -0.05) is 12.1 Å². The average Bonchev–Trinajstić information content (AvgIpc) is 2.83. The molecule has 2 aromatic rings. The number of rotatable bonds is 3. The summed E-state index contributed by atoms with van der Waals surface area (Å²) in [7, 11) is 5.57. The van der Waals surface area contributed by atoms with Crippen molar-refractivity contribution in [2.75, 3.05) is 33.8 Å². The first kappa shape index (κ1) is 16.0. The number of ether oxygens (including phenoxy) is 1. The number of likely N-dealkylation sites (N-methyl/N-ethyl adjacent to an activating group) is 1. The highest BCUT2D eigenvalue weighted by molar-refractivity contribution is 5.84. The van der Waals surface area contributed by atoms with Gasteiger partial charge < -0.3 is 14.2 Å². The number of carbonyl (C=O) groups is 1. The summed E-state index contributed by atoms with van der Waals surface area (Å²) in [5.74, 6) is 1.01. The summed E-state index contributed by atoms with van der Waals surface area (Å²) in [5.41, 5.74) is 1.35. The first-order valence-corrected chi connectivity index (χ1v) is 7.89. The van der Waals surface area contributed by atoms with Gasteiger partial charge in [-0.3, -0.25) is 9.69 Å². The molecule has 0 radical (unpaired) electrons. The summed E-state index contributed by atoms with van der Waals surface area (Å²) < 4.78 is 7.91. The van der Waals surface area contributed by atoms with Crippen molar-refractivity contribution < 1.29 is 9.53 Å². The molecule has 1 aliphatic heterocycles.